The Morgan fingerprint density at radius 3 is 2.42 bits per heavy atom. The smallest absolute Gasteiger partial charge is 0.295 e. The molecule has 2 aromatic carbocycles. The van der Waals surface area contributed by atoms with Gasteiger partial charge >= 0.3 is 0 Å². The van der Waals surface area contributed by atoms with Gasteiger partial charge in [-0.15, -0.1) is 0 Å². The van der Waals surface area contributed by atoms with Crippen molar-refractivity contribution >= 4 is 33.4 Å². The van der Waals surface area contributed by atoms with Crippen molar-refractivity contribution in [2.24, 2.45) is 0 Å². The van der Waals surface area contributed by atoms with Crippen LogP contribution in [-0.4, -0.2) is 60.9 Å². The zero-order valence-corrected chi connectivity index (χ0v) is 19.8. The van der Waals surface area contributed by atoms with Crippen molar-refractivity contribution in [2.75, 3.05) is 34.3 Å². The van der Waals surface area contributed by atoms with E-state index in [1.165, 1.54) is 0 Å². The Morgan fingerprint density at radius 1 is 1.16 bits per heavy atom. The first-order valence-corrected chi connectivity index (χ1v) is 10.9. The second kappa shape index (κ2) is 9.66. The van der Waals surface area contributed by atoms with Crippen LogP contribution in [0.4, 0.5) is 0 Å². The van der Waals surface area contributed by atoms with Crippen molar-refractivity contribution in [3.05, 3.63) is 69.2 Å². The van der Waals surface area contributed by atoms with Crippen LogP contribution < -0.4 is 4.74 Å². The van der Waals surface area contributed by atoms with Crippen molar-refractivity contribution in [2.45, 2.75) is 19.4 Å². The van der Waals surface area contributed by atoms with E-state index in [2.05, 4.69) is 15.9 Å². The number of aliphatic hydroxyl groups is 1. The van der Waals surface area contributed by atoms with Gasteiger partial charge in [0, 0.05) is 16.6 Å². The number of amides is 1. The third kappa shape index (κ3) is 4.83. The Kier molecular flexibility index (Phi) is 7.18. The average Bonchev–Trinajstić information content (AvgIpc) is 2.98. The summed E-state index contributed by atoms with van der Waals surface area (Å²) >= 11 is 3.43. The average molecular weight is 487 g/mol. The Balaban J connectivity index is 2.10. The minimum absolute atomic E-state index is 0.113. The maximum Gasteiger partial charge on any atom is 0.295 e. The molecule has 0 radical (unpaired) electrons. The molecule has 31 heavy (non-hydrogen) atoms. The van der Waals surface area contributed by atoms with E-state index < -0.39 is 17.7 Å². The first-order chi connectivity index (χ1) is 14.7. The number of methoxy groups -OCH3 is 1. The molecule has 1 amide bonds. The van der Waals surface area contributed by atoms with Crippen molar-refractivity contribution < 1.29 is 19.4 Å². The van der Waals surface area contributed by atoms with Gasteiger partial charge in [0.25, 0.3) is 11.7 Å². The van der Waals surface area contributed by atoms with Gasteiger partial charge in [0.1, 0.15) is 11.5 Å². The van der Waals surface area contributed by atoms with Gasteiger partial charge in [-0.2, -0.15) is 0 Å². The summed E-state index contributed by atoms with van der Waals surface area (Å²) in [7, 11) is 5.51. The monoisotopic (exact) mass is 486 g/mol. The summed E-state index contributed by atoms with van der Waals surface area (Å²) in [4.78, 5) is 29.6. The van der Waals surface area contributed by atoms with Crippen LogP contribution in [0.15, 0.2) is 52.5 Å². The summed E-state index contributed by atoms with van der Waals surface area (Å²) in [6.07, 6.45) is 0.717. The summed E-state index contributed by atoms with van der Waals surface area (Å²) in [6.45, 7) is 3.07. The van der Waals surface area contributed by atoms with Crippen LogP contribution >= 0.6 is 15.9 Å². The van der Waals surface area contributed by atoms with E-state index in [-0.39, 0.29) is 11.3 Å². The number of aliphatic hydroxyl groups excluding tert-OH is 1. The highest BCUT2D eigenvalue weighted by atomic mass is 79.9. The van der Waals surface area contributed by atoms with Gasteiger partial charge in [0.2, 0.25) is 0 Å². The molecule has 1 saturated heterocycles. The van der Waals surface area contributed by atoms with Crippen molar-refractivity contribution in [3.8, 4) is 5.75 Å². The quantitative estimate of drug-likeness (QED) is 0.361. The lowest BCUT2D eigenvalue weighted by atomic mass is 9.95. The van der Waals surface area contributed by atoms with Gasteiger partial charge in [-0.05, 0) is 75.4 Å². The highest BCUT2D eigenvalue weighted by Gasteiger charge is 2.45. The highest BCUT2D eigenvalue weighted by molar-refractivity contribution is 9.10. The third-order valence-electron chi connectivity index (χ3n) is 5.40. The van der Waals surface area contributed by atoms with Gasteiger partial charge in [-0.3, -0.25) is 9.59 Å². The molecule has 0 spiro atoms. The van der Waals surface area contributed by atoms with Gasteiger partial charge in [0.15, 0.2) is 0 Å². The Hall–Kier alpha value is -2.64. The molecule has 164 valence electrons. The number of rotatable bonds is 7. The number of ether oxygens (including phenoxy) is 1. The predicted octanol–water partition coefficient (Wildman–Crippen LogP) is 4.14. The zero-order valence-electron chi connectivity index (χ0n) is 18.2. The number of carbonyl (C=O) groups is 2. The molecule has 1 atom stereocenters. The summed E-state index contributed by atoms with van der Waals surface area (Å²) in [5.41, 5.74) is 2.19. The number of hydrogen-bond acceptors (Lipinski definition) is 5. The van der Waals surface area contributed by atoms with E-state index in [1.807, 2.05) is 50.2 Å². The molecule has 1 N–H and O–H groups in total. The van der Waals surface area contributed by atoms with Gasteiger partial charge in [-0.25, -0.2) is 0 Å². The maximum atomic E-state index is 13.0. The molecule has 3 rings (SSSR count). The standard InChI is InChI=1S/C24H27BrN2O4/c1-15-14-17(8-11-19(15)31-4)22(28)20-21(16-6-9-18(25)10-7-16)27(24(30)23(20)29)13-5-12-26(2)3/h6-11,14,21,28H,5,12-13H2,1-4H3. The van der Waals surface area contributed by atoms with E-state index in [9.17, 15) is 14.7 Å². The molecule has 0 aromatic heterocycles. The van der Waals surface area contributed by atoms with E-state index in [0.717, 1.165) is 22.1 Å². The molecule has 0 bridgehead atoms. The molecular weight excluding hydrogens is 460 g/mol. The fourth-order valence-corrected chi connectivity index (χ4v) is 4.11. The lowest BCUT2D eigenvalue weighted by Crippen LogP contribution is -2.32. The molecule has 1 fully saturated rings. The zero-order chi connectivity index (χ0) is 22.7. The summed E-state index contributed by atoms with van der Waals surface area (Å²) in [5, 5.41) is 11.1. The largest absolute Gasteiger partial charge is 0.507 e. The first kappa shape index (κ1) is 23.0. The predicted molar refractivity (Wildman–Crippen MR) is 124 cm³/mol. The van der Waals surface area contributed by atoms with Crippen molar-refractivity contribution in [1.29, 1.82) is 0 Å². The number of Topliss-reactive ketones (excluding diaryl/α,β-unsaturated/α-hetero) is 1. The maximum absolute atomic E-state index is 13.0. The van der Waals surface area contributed by atoms with Crippen LogP contribution in [-0.2, 0) is 9.59 Å². The number of ketones is 1. The number of benzene rings is 2. The summed E-state index contributed by atoms with van der Waals surface area (Å²) in [6, 6.07) is 12.0. The van der Waals surface area contributed by atoms with Crippen molar-refractivity contribution in [1.82, 2.24) is 9.80 Å². The Bertz CT molecular complexity index is 1010. The van der Waals surface area contributed by atoms with Crippen LogP contribution in [0, 0.1) is 6.92 Å². The molecule has 2 aromatic rings. The minimum atomic E-state index is -0.663. The molecule has 0 aliphatic carbocycles. The van der Waals surface area contributed by atoms with Gasteiger partial charge < -0.3 is 19.6 Å². The van der Waals surface area contributed by atoms with Crippen LogP contribution in [0.3, 0.4) is 0 Å². The first-order valence-electron chi connectivity index (χ1n) is 10.1. The Labute approximate surface area is 191 Å². The second-order valence-corrected chi connectivity index (χ2v) is 8.80. The molecule has 1 unspecified atom stereocenters. The van der Waals surface area contributed by atoms with Crippen LogP contribution in [0.25, 0.3) is 5.76 Å². The van der Waals surface area contributed by atoms with E-state index in [0.29, 0.717) is 24.3 Å². The van der Waals surface area contributed by atoms with Crippen LogP contribution in [0.5, 0.6) is 5.75 Å². The van der Waals surface area contributed by atoms with E-state index in [4.69, 9.17) is 4.74 Å². The van der Waals surface area contributed by atoms with Crippen molar-refractivity contribution in [3.63, 3.8) is 0 Å². The number of aryl methyl sites for hydroxylation is 1. The van der Waals surface area contributed by atoms with E-state index in [1.54, 1.807) is 30.2 Å². The topological polar surface area (TPSA) is 70.1 Å². The molecular formula is C24H27BrN2O4. The second-order valence-electron chi connectivity index (χ2n) is 7.89. The molecule has 0 saturated carbocycles. The summed E-state index contributed by atoms with van der Waals surface area (Å²) in [5.74, 6) is -0.737. The number of nitrogens with zero attached hydrogens (tertiary/aromatic N) is 2. The molecule has 1 aliphatic heterocycles. The molecule has 1 heterocycles. The Morgan fingerprint density at radius 2 is 1.84 bits per heavy atom. The van der Waals surface area contributed by atoms with E-state index >= 15 is 0 Å². The molecule has 6 nitrogen and oxygen atoms in total. The normalized spacial score (nSPS) is 18.1. The fourth-order valence-electron chi connectivity index (χ4n) is 3.84. The summed E-state index contributed by atoms with van der Waals surface area (Å²) < 4.78 is 6.19. The molecule has 1 aliphatic rings. The van der Waals surface area contributed by atoms with Gasteiger partial charge in [0.05, 0.1) is 18.7 Å². The molecule has 7 heteroatoms. The minimum Gasteiger partial charge on any atom is -0.507 e. The number of likely N-dealkylation sites (tertiary alicyclic amines) is 1. The third-order valence-corrected chi connectivity index (χ3v) is 5.93. The lowest BCUT2D eigenvalue weighted by Gasteiger charge is -2.26. The fraction of sp³-hybridized carbons (Fsp3) is 0.333. The SMILES string of the molecule is COc1ccc(C(O)=C2C(=O)C(=O)N(CCCN(C)C)C2c2ccc(Br)cc2)cc1C. The van der Waals surface area contributed by atoms with Crippen LogP contribution in [0.1, 0.15) is 29.2 Å². The van der Waals surface area contributed by atoms with Gasteiger partial charge in [-0.1, -0.05) is 28.1 Å². The number of hydrogen-bond donors (Lipinski definition) is 1. The number of halogens is 1. The highest BCUT2D eigenvalue weighted by Crippen LogP contribution is 2.40. The lowest BCUT2D eigenvalue weighted by molar-refractivity contribution is -0.139. The number of carbonyl (C=O) groups excluding carboxylic acids is 2. The van der Waals surface area contributed by atoms with Crippen LogP contribution in [0.2, 0.25) is 0 Å².